The van der Waals surface area contributed by atoms with Crippen molar-refractivity contribution < 1.29 is 22.0 Å². The van der Waals surface area contributed by atoms with Gasteiger partial charge in [0.1, 0.15) is 11.6 Å². The molecule has 1 nitrogen and oxygen atoms in total. The van der Waals surface area contributed by atoms with E-state index in [9.17, 15) is 22.0 Å². The van der Waals surface area contributed by atoms with E-state index < -0.39 is 23.4 Å². The van der Waals surface area contributed by atoms with Gasteiger partial charge in [0.05, 0.1) is 11.3 Å². The third-order valence-corrected chi connectivity index (χ3v) is 2.79. The Morgan fingerprint density at radius 3 is 2.06 bits per heavy atom. The zero-order chi connectivity index (χ0) is 12.6. The first-order valence-corrected chi connectivity index (χ1v) is 5.21. The lowest BCUT2D eigenvalue weighted by atomic mass is 10.1. The second kappa shape index (κ2) is 4.16. The smallest absolute Gasteiger partial charge is 0.369 e. The Balaban J connectivity index is 2.41. The molecular weight excluding hydrogens is 241 g/mol. The summed E-state index contributed by atoms with van der Waals surface area (Å²) in [6.07, 6.45) is -3.20. The maximum atomic E-state index is 13.5. The van der Waals surface area contributed by atoms with Crippen LogP contribution in [0.1, 0.15) is 18.4 Å². The van der Waals surface area contributed by atoms with Crippen LogP contribution in [0, 0.1) is 11.6 Å². The standard InChI is InChI=1S/C11H10F5N/c12-8-6-10(17-3-1-2-4-17)9(13)5-7(8)11(14,15)16/h5-6H,1-4H2. The summed E-state index contributed by atoms with van der Waals surface area (Å²) in [4.78, 5) is 1.55. The summed E-state index contributed by atoms with van der Waals surface area (Å²) in [5, 5.41) is 0. The molecule has 1 aromatic carbocycles. The van der Waals surface area contributed by atoms with E-state index in [0.29, 0.717) is 19.2 Å². The van der Waals surface area contributed by atoms with Gasteiger partial charge in [0.15, 0.2) is 0 Å². The molecule has 0 aromatic heterocycles. The Morgan fingerprint density at radius 2 is 1.53 bits per heavy atom. The van der Waals surface area contributed by atoms with Crippen molar-refractivity contribution in [1.82, 2.24) is 0 Å². The highest BCUT2D eigenvalue weighted by Crippen LogP contribution is 2.35. The number of alkyl halides is 3. The Morgan fingerprint density at radius 1 is 0.941 bits per heavy atom. The van der Waals surface area contributed by atoms with Crippen molar-refractivity contribution in [3.63, 3.8) is 0 Å². The predicted molar refractivity (Wildman–Crippen MR) is 52.8 cm³/mol. The lowest BCUT2D eigenvalue weighted by Crippen LogP contribution is -2.20. The van der Waals surface area contributed by atoms with Crippen LogP contribution in [0.25, 0.3) is 0 Å². The SMILES string of the molecule is Fc1cc(C(F)(F)F)c(F)cc1N1CCCC1. The fourth-order valence-electron chi connectivity index (χ4n) is 1.95. The van der Waals surface area contributed by atoms with Gasteiger partial charge in [0.25, 0.3) is 0 Å². The van der Waals surface area contributed by atoms with Crippen LogP contribution in [0.2, 0.25) is 0 Å². The molecule has 0 atom stereocenters. The first-order chi connectivity index (χ1) is 7.89. The average molecular weight is 251 g/mol. The molecule has 0 radical (unpaired) electrons. The van der Waals surface area contributed by atoms with Gasteiger partial charge in [0.2, 0.25) is 0 Å². The molecule has 1 aliphatic rings. The zero-order valence-electron chi connectivity index (χ0n) is 8.82. The molecule has 0 N–H and O–H groups in total. The molecule has 2 rings (SSSR count). The minimum Gasteiger partial charge on any atom is -0.369 e. The number of nitrogens with zero attached hydrogens (tertiary/aromatic N) is 1. The van der Waals surface area contributed by atoms with Crippen molar-refractivity contribution in [1.29, 1.82) is 0 Å². The van der Waals surface area contributed by atoms with E-state index in [1.165, 1.54) is 0 Å². The van der Waals surface area contributed by atoms with E-state index in [2.05, 4.69) is 0 Å². The van der Waals surface area contributed by atoms with Crippen molar-refractivity contribution in [2.75, 3.05) is 18.0 Å². The summed E-state index contributed by atoms with van der Waals surface area (Å²) in [5.41, 5.74) is -1.65. The molecule has 1 saturated heterocycles. The first kappa shape index (κ1) is 12.1. The second-order valence-electron chi connectivity index (χ2n) is 3.98. The van der Waals surface area contributed by atoms with Crippen molar-refractivity contribution in [3.8, 4) is 0 Å². The van der Waals surface area contributed by atoms with E-state index >= 15 is 0 Å². The zero-order valence-corrected chi connectivity index (χ0v) is 8.82. The molecule has 0 spiro atoms. The number of halogens is 5. The van der Waals surface area contributed by atoms with Crippen molar-refractivity contribution in [3.05, 3.63) is 29.3 Å². The molecule has 94 valence electrons. The molecule has 1 fully saturated rings. The summed E-state index contributed by atoms with van der Waals surface area (Å²) in [6.45, 7) is 1.09. The van der Waals surface area contributed by atoms with Gasteiger partial charge in [-0.2, -0.15) is 13.2 Å². The van der Waals surface area contributed by atoms with Gasteiger partial charge in [0, 0.05) is 19.2 Å². The van der Waals surface area contributed by atoms with Crippen LogP contribution < -0.4 is 4.90 Å². The fourth-order valence-corrected chi connectivity index (χ4v) is 1.95. The van der Waals surface area contributed by atoms with E-state index in [-0.39, 0.29) is 11.8 Å². The monoisotopic (exact) mass is 251 g/mol. The number of rotatable bonds is 1. The Hall–Kier alpha value is -1.33. The summed E-state index contributed by atoms with van der Waals surface area (Å²) >= 11 is 0. The number of hydrogen-bond acceptors (Lipinski definition) is 1. The number of benzene rings is 1. The number of anilines is 1. The predicted octanol–water partition coefficient (Wildman–Crippen LogP) is 3.58. The van der Waals surface area contributed by atoms with Gasteiger partial charge in [-0.3, -0.25) is 0 Å². The van der Waals surface area contributed by atoms with Gasteiger partial charge < -0.3 is 4.90 Å². The first-order valence-electron chi connectivity index (χ1n) is 5.21. The van der Waals surface area contributed by atoms with E-state index in [4.69, 9.17) is 0 Å². The molecular formula is C11H10F5N. The molecule has 1 aliphatic heterocycles. The van der Waals surface area contributed by atoms with Crippen LogP contribution >= 0.6 is 0 Å². The molecule has 6 heteroatoms. The molecule has 0 unspecified atom stereocenters. The van der Waals surface area contributed by atoms with E-state index in [1.54, 1.807) is 4.90 Å². The molecule has 17 heavy (non-hydrogen) atoms. The topological polar surface area (TPSA) is 3.24 Å². The lowest BCUT2D eigenvalue weighted by molar-refractivity contribution is -0.140. The van der Waals surface area contributed by atoms with Crippen LogP contribution in [0.4, 0.5) is 27.6 Å². The summed E-state index contributed by atoms with van der Waals surface area (Å²) in [5.74, 6) is -2.46. The quantitative estimate of drug-likeness (QED) is 0.689. The van der Waals surface area contributed by atoms with Crippen molar-refractivity contribution in [2.45, 2.75) is 19.0 Å². The molecule has 0 amide bonds. The van der Waals surface area contributed by atoms with Crippen LogP contribution in [0.15, 0.2) is 12.1 Å². The van der Waals surface area contributed by atoms with Crippen LogP contribution in [0.3, 0.4) is 0 Å². The van der Waals surface area contributed by atoms with Gasteiger partial charge >= 0.3 is 6.18 Å². The van der Waals surface area contributed by atoms with E-state index in [1.807, 2.05) is 0 Å². The normalized spacial score (nSPS) is 16.6. The number of hydrogen-bond donors (Lipinski definition) is 0. The Bertz CT molecular complexity index is 421. The fraction of sp³-hybridized carbons (Fsp3) is 0.455. The van der Waals surface area contributed by atoms with Gasteiger partial charge in [-0.05, 0) is 18.9 Å². The third kappa shape index (κ3) is 2.35. The average Bonchev–Trinajstić information content (AvgIpc) is 2.72. The Labute approximate surface area is 94.8 Å². The van der Waals surface area contributed by atoms with Crippen molar-refractivity contribution >= 4 is 5.69 Å². The van der Waals surface area contributed by atoms with Crippen LogP contribution in [0.5, 0.6) is 0 Å². The molecule has 0 aliphatic carbocycles. The molecule has 0 bridgehead atoms. The van der Waals surface area contributed by atoms with E-state index in [0.717, 1.165) is 12.8 Å². The second-order valence-corrected chi connectivity index (χ2v) is 3.98. The minimum atomic E-state index is -4.87. The third-order valence-electron chi connectivity index (χ3n) is 2.79. The largest absolute Gasteiger partial charge is 0.419 e. The lowest BCUT2D eigenvalue weighted by Gasteiger charge is -2.19. The summed E-state index contributed by atoms with van der Waals surface area (Å²) in [7, 11) is 0. The summed E-state index contributed by atoms with van der Waals surface area (Å²) < 4.78 is 63.7. The van der Waals surface area contributed by atoms with Gasteiger partial charge in [-0.1, -0.05) is 0 Å². The summed E-state index contributed by atoms with van der Waals surface area (Å²) in [6, 6.07) is 0.854. The van der Waals surface area contributed by atoms with Gasteiger partial charge in [-0.15, -0.1) is 0 Å². The Kier molecular flexibility index (Phi) is 2.97. The molecule has 0 saturated carbocycles. The minimum absolute atomic E-state index is 0.0898. The highest BCUT2D eigenvalue weighted by molar-refractivity contribution is 5.50. The maximum Gasteiger partial charge on any atom is 0.419 e. The van der Waals surface area contributed by atoms with Gasteiger partial charge in [-0.25, -0.2) is 8.78 Å². The maximum absolute atomic E-state index is 13.5. The molecule has 1 aromatic rings. The van der Waals surface area contributed by atoms with Crippen LogP contribution in [-0.4, -0.2) is 13.1 Å². The molecule has 1 heterocycles. The highest BCUT2D eigenvalue weighted by Gasteiger charge is 2.35. The van der Waals surface area contributed by atoms with Crippen LogP contribution in [-0.2, 0) is 6.18 Å². The van der Waals surface area contributed by atoms with Crippen molar-refractivity contribution in [2.24, 2.45) is 0 Å². The highest BCUT2D eigenvalue weighted by atomic mass is 19.4.